The number of amides is 2. The number of aryl methyl sites for hydroxylation is 1. The fourth-order valence-corrected chi connectivity index (χ4v) is 3.33. The Labute approximate surface area is 150 Å². The molecule has 6 heteroatoms. The molecule has 2 aromatic carbocycles. The van der Waals surface area contributed by atoms with Gasteiger partial charge in [0.25, 0.3) is 0 Å². The van der Waals surface area contributed by atoms with Crippen LogP contribution in [0.15, 0.2) is 47.4 Å². The lowest BCUT2D eigenvalue weighted by Gasteiger charge is -2.17. The summed E-state index contributed by atoms with van der Waals surface area (Å²) in [6.45, 7) is 2.13. The van der Waals surface area contributed by atoms with Crippen LogP contribution in [0, 0.1) is 18.7 Å². The van der Waals surface area contributed by atoms with Gasteiger partial charge in [-0.05, 0) is 49.1 Å². The van der Waals surface area contributed by atoms with Crippen LogP contribution in [0.4, 0.5) is 15.8 Å². The molecule has 0 aliphatic carbocycles. The first-order valence-electron chi connectivity index (χ1n) is 7.99. The van der Waals surface area contributed by atoms with E-state index < -0.39 is 11.7 Å². The van der Waals surface area contributed by atoms with Crippen molar-refractivity contribution in [3.63, 3.8) is 0 Å². The normalized spacial score (nSPS) is 17.0. The molecule has 0 radical (unpaired) electrons. The van der Waals surface area contributed by atoms with E-state index in [-0.39, 0.29) is 18.2 Å². The topological polar surface area (TPSA) is 49.4 Å². The Kier molecular flexibility index (Phi) is 5.08. The molecule has 4 nitrogen and oxygen atoms in total. The van der Waals surface area contributed by atoms with Gasteiger partial charge in [-0.3, -0.25) is 9.59 Å². The van der Waals surface area contributed by atoms with Crippen molar-refractivity contribution < 1.29 is 14.0 Å². The van der Waals surface area contributed by atoms with E-state index in [2.05, 4.69) is 5.32 Å². The van der Waals surface area contributed by atoms with Crippen molar-refractivity contribution in [2.24, 2.45) is 5.92 Å². The first-order valence-corrected chi connectivity index (χ1v) is 9.22. The van der Waals surface area contributed by atoms with Crippen molar-refractivity contribution in [1.29, 1.82) is 0 Å². The summed E-state index contributed by atoms with van der Waals surface area (Å²) in [5, 5.41) is 2.75. The van der Waals surface area contributed by atoms with E-state index in [1.165, 1.54) is 12.1 Å². The van der Waals surface area contributed by atoms with E-state index in [1.54, 1.807) is 29.7 Å². The summed E-state index contributed by atoms with van der Waals surface area (Å²) < 4.78 is 13.4. The summed E-state index contributed by atoms with van der Waals surface area (Å²) in [5.74, 6) is -1.19. The predicted octanol–water partition coefficient (Wildman–Crippen LogP) is 3.85. The number of rotatable bonds is 4. The van der Waals surface area contributed by atoms with Crippen molar-refractivity contribution in [2.45, 2.75) is 18.2 Å². The van der Waals surface area contributed by atoms with Crippen molar-refractivity contribution >= 4 is 35.0 Å². The molecule has 1 saturated heterocycles. The molecule has 1 heterocycles. The molecule has 1 aliphatic rings. The van der Waals surface area contributed by atoms with Crippen LogP contribution in [0.3, 0.4) is 0 Å². The molecule has 3 rings (SSSR count). The molecule has 0 saturated carbocycles. The minimum Gasteiger partial charge on any atom is -0.325 e. The highest BCUT2D eigenvalue weighted by atomic mass is 32.2. The Bertz CT molecular complexity index is 825. The number of hydrogen-bond donors (Lipinski definition) is 1. The van der Waals surface area contributed by atoms with Gasteiger partial charge >= 0.3 is 0 Å². The van der Waals surface area contributed by atoms with Gasteiger partial charge in [-0.25, -0.2) is 4.39 Å². The maximum Gasteiger partial charge on any atom is 0.229 e. The Morgan fingerprint density at radius 3 is 2.84 bits per heavy atom. The van der Waals surface area contributed by atoms with Gasteiger partial charge in [0.2, 0.25) is 11.8 Å². The molecular formula is C19H19FN2O2S. The third kappa shape index (κ3) is 3.85. The summed E-state index contributed by atoms with van der Waals surface area (Å²) in [6.07, 6.45) is 2.13. The van der Waals surface area contributed by atoms with Gasteiger partial charge in [-0.1, -0.05) is 12.1 Å². The number of benzene rings is 2. The number of halogens is 1. The highest BCUT2D eigenvalue weighted by Crippen LogP contribution is 2.29. The monoisotopic (exact) mass is 358 g/mol. The zero-order valence-corrected chi connectivity index (χ0v) is 14.9. The van der Waals surface area contributed by atoms with Crippen LogP contribution in [-0.2, 0) is 9.59 Å². The Balaban J connectivity index is 1.73. The second kappa shape index (κ2) is 7.27. The fourth-order valence-electron chi connectivity index (χ4n) is 2.87. The largest absolute Gasteiger partial charge is 0.325 e. The van der Waals surface area contributed by atoms with Crippen molar-refractivity contribution in [3.05, 3.63) is 53.8 Å². The molecule has 1 atom stereocenters. The van der Waals surface area contributed by atoms with Crippen molar-refractivity contribution in [3.8, 4) is 0 Å². The zero-order chi connectivity index (χ0) is 18.0. The van der Waals surface area contributed by atoms with Gasteiger partial charge in [0.15, 0.2) is 0 Å². The number of carbonyl (C=O) groups excluding carboxylic acids is 2. The van der Waals surface area contributed by atoms with Crippen molar-refractivity contribution in [1.82, 2.24) is 0 Å². The van der Waals surface area contributed by atoms with Gasteiger partial charge in [-0.15, -0.1) is 11.8 Å². The molecule has 1 fully saturated rings. The SMILES string of the molecule is CSc1cccc(N2C[C@H](C(=O)Nc3cc(F)ccc3C)CC2=O)c1. The molecule has 0 bridgehead atoms. The van der Waals surface area contributed by atoms with E-state index in [0.717, 1.165) is 16.1 Å². The van der Waals surface area contributed by atoms with E-state index >= 15 is 0 Å². The molecule has 1 aliphatic heterocycles. The quantitative estimate of drug-likeness (QED) is 0.845. The van der Waals surface area contributed by atoms with Crippen molar-refractivity contribution in [2.75, 3.05) is 23.0 Å². The fraction of sp³-hybridized carbons (Fsp3) is 0.263. The Morgan fingerprint density at radius 2 is 2.08 bits per heavy atom. The predicted molar refractivity (Wildman–Crippen MR) is 98.4 cm³/mol. The summed E-state index contributed by atoms with van der Waals surface area (Å²) in [6, 6.07) is 12.0. The lowest BCUT2D eigenvalue weighted by atomic mass is 10.1. The van der Waals surface area contributed by atoms with Gasteiger partial charge in [0.1, 0.15) is 5.82 Å². The molecule has 0 spiro atoms. The van der Waals surface area contributed by atoms with Gasteiger partial charge in [0, 0.05) is 29.2 Å². The van der Waals surface area contributed by atoms with E-state index in [9.17, 15) is 14.0 Å². The van der Waals surface area contributed by atoms with Crippen LogP contribution in [0.5, 0.6) is 0 Å². The van der Waals surface area contributed by atoms with Crippen LogP contribution in [0.1, 0.15) is 12.0 Å². The van der Waals surface area contributed by atoms with E-state index in [0.29, 0.717) is 12.2 Å². The minimum atomic E-state index is -0.451. The second-order valence-corrected chi connectivity index (χ2v) is 6.94. The van der Waals surface area contributed by atoms with Gasteiger partial charge < -0.3 is 10.2 Å². The molecule has 0 aromatic heterocycles. The molecule has 2 amide bonds. The lowest BCUT2D eigenvalue weighted by Crippen LogP contribution is -2.28. The van der Waals surface area contributed by atoms with Crippen LogP contribution in [0.25, 0.3) is 0 Å². The molecule has 0 unspecified atom stereocenters. The molecule has 25 heavy (non-hydrogen) atoms. The van der Waals surface area contributed by atoms with Gasteiger partial charge in [0.05, 0.1) is 5.92 Å². The summed E-state index contributed by atoms with van der Waals surface area (Å²) in [4.78, 5) is 27.6. The number of thioether (sulfide) groups is 1. The second-order valence-electron chi connectivity index (χ2n) is 6.06. The third-order valence-corrected chi connectivity index (χ3v) is 5.04. The number of hydrogen-bond acceptors (Lipinski definition) is 3. The average molecular weight is 358 g/mol. The highest BCUT2D eigenvalue weighted by Gasteiger charge is 2.35. The van der Waals surface area contributed by atoms with Crippen LogP contribution in [-0.4, -0.2) is 24.6 Å². The van der Waals surface area contributed by atoms with Gasteiger partial charge in [-0.2, -0.15) is 0 Å². The summed E-state index contributed by atoms with van der Waals surface area (Å²) in [7, 11) is 0. The maximum atomic E-state index is 13.4. The standard InChI is InChI=1S/C19H19FN2O2S/c1-12-6-7-14(20)9-17(12)21-19(24)13-8-18(23)22(11-13)15-4-3-5-16(10-15)25-2/h3-7,9-10,13H,8,11H2,1-2H3,(H,21,24)/t13-/m1/s1. The summed E-state index contributed by atoms with van der Waals surface area (Å²) in [5.41, 5.74) is 2.03. The Hall–Kier alpha value is -2.34. The third-order valence-electron chi connectivity index (χ3n) is 4.32. The highest BCUT2D eigenvalue weighted by molar-refractivity contribution is 7.98. The Morgan fingerprint density at radius 1 is 1.28 bits per heavy atom. The maximum absolute atomic E-state index is 13.4. The lowest BCUT2D eigenvalue weighted by molar-refractivity contribution is -0.122. The first-order chi connectivity index (χ1) is 12.0. The number of anilines is 2. The van der Waals surface area contributed by atoms with E-state index in [4.69, 9.17) is 0 Å². The molecule has 2 aromatic rings. The number of nitrogens with zero attached hydrogens (tertiary/aromatic N) is 1. The smallest absolute Gasteiger partial charge is 0.229 e. The molecular weight excluding hydrogens is 339 g/mol. The average Bonchev–Trinajstić information content (AvgIpc) is 3.00. The zero-order valence-electron chi connectivity index (χ0n) is 14.1. The number of nitrogens with one attached hydrogen (secondary N) is 1. The van der Waals surface area contributed by atoms with E-state index in [1.807, 2.05) is 30.5 Å². The summed E-state index contributed by atoms with van der Waals surface area (Å²) >= 11 is 1.60. The van der Waals surface area contributed by atoms with Crippen LogP contribution >= 0.6 is 11.8 Å². The molecule has 1 N–H and O–H groups in total. The minimum absolute atomic E-state index is 0.0747. The first kappa shape index (κ1) is 17.5. The van der Waals surface area contributed by atoms with Crippen LogP contribution < -0.4 is 10.2 Å². The number of carbonyl (C=O) groups is 2. The van der Waals surface area contributed by atoms with Crippen LogP contribution in [0.2, 0.25) is 0 Å². The molecule has 130 valence electrons.